The SMILES string of the molecule is O=C(NC1CCCCC1C(=O)O)c1cc(F)c(F)c(F)c1. The maximum Gasteiger partial charge on any atom is 0.308 e. The molecule has 4 nitrogen and oxygen atoms in total. The van der Waals surface area contributed by atoms with Crippen LogP contribution in [0.5, 0.6) is 0 Å². The molecule has 1 saturated carbocycles. The lowest BCUT2D eigenvalue weighted by Crippen LogP contribution is -2.45. The zero-order chi connectivity index (χ0) is 15.6. The van der Waals surface area contributed by atoms with Crippen molar-refractivity contribution in [1.29, 1.82) is 0 Å². The average Bonchev–Trinajstić information content (AvgIpc) is 2.44. The van der Waals surface area contributed by atoms with Gasteiger partial charge in [-0.3, -0.25) is 9.59 Å². The van der Waals surface area contributed by atoms with E-state index in [4.69, 9.17) is 5.11 Å². The predicted molar refractivity (Wildman–Crippen MR) is 67.2 cm³/mol. The van der Waals surface area contributed by atoms with Crippen molar-refractivity contribution >= 4 is 11.9 Å². The van der Waals surface area contributed by atoms with Crippen LogP contribution in [0, 0.1) is 23.4 Å². The van der Waals surface area contributed by atoms with Crippen LogP contribution in [0.3, 0.4) is 0 Å². The van der Waals surface area contributed by atoms with Crippen LogP contribution in [0.25, 0.3) is 0 Å². The van der Waals surface area contributed by atoms with Crippen LogP contribution in [0.4, 0.5) is 13.2 Å². The largest absolute Gasteiger partial charge is 0.481 e. The second kappa shape index (κ2) is 6.15. The summed E-state index contributed by atoms with van der Waals surface area (Å²) in [6, 6.07) is 0.582. The Morgan fingerprint density at radius 3 is 2.24 bits per heavy atom. The van der Waals surface area contributed by atoms with Crippen LogP contribution in [0.15, 0.2) is 12.1 Å². The summed E-state index contributed by atoms with van der Waals surface area (Å²) in [5, 5.41) is 11.6. The summed E-state index contributed by atoms with van der Waals surface area (Å²) < 4.78 is 39.0. The fourth-order valence-corrected chi connectivity index (χ4v) is 2.54. The minimum Gasteiger partial charge on any atom is -0.481 e. The lowest BCUT2D eigenvalue weighted by molar-refractivity contribution is -0.143. The van der Waals surface area contributed by atoms with Crippen molar-refractivity contribution in [3.05, 3.63) is 35.1 Å². The van der Waals surface area contributed by atoms with Gasteiger partial charge in [0, 0.05) is 11.6 Å². The molecular formula is C14H14F3NO3. The third-order valence-electron chi connectivity index (χ3n) is 3.65. The van der Waals surface area contributed by atoms with Crippen LogP contribution in [-0.2, 0) is 4.79 Å². The summed E-state index contributed by atoms with van der Waals surface area (Å²) in [6.45, 7) is 0. The van der Waals surface area contributed by atoms with E-state index >= 15 is 0 Å². The normalized spacial score (nSPS) is 21.9. The van der Waals surface area contributed by atoms with Gasteiger partial charge in [-0.25, -0.2) is 13.2 Å². The molecule has 2 atom stereocenters. The van der Waals surface area contributed by atoms with E-state index in [2.05, 4.69) is 5.32 Å². The van der Waals surface area contributed by atoms with E-state index in [9.17, 15) is 22.8 Å². The van der Waals surface area contributed by atoms with E-state index in [-0.39, 0.29) is 5.56 Å². The van der Waals surface area contributed by atoms with Crippen LogP contribution >= 0.6 is 0 Å². The van der Waals surface area contributed by atoms with Gasteiger partial charge in [-0.15, -0.1) is 0 Å². The molecule has 1 aliphatic carbocycles. The van der Waals surface area contributed by atoms with Crippen LogP contribution in [0.1, 0.15) is 36.0 Å². The highest BCUT2D eigenvalue weighted by Gasteiger charge is 2.32. The molecule has 1 amide bonds. The molecule has 21 heavy (non-hydrogen) atoms. The van der Waals surface area contributed by atoms with E-state index in [0.717, 1.165) is 12.8 Å². The van der Waals surface area contributed by atoms with Crippen molar-refractivity contribution in [2.45, 2.75) is 31.7 Å². The highest BCUT2D eigenvalue weighted by Crippen LogP contribution is 2.25. The second-order valence-corrected chi connectivity index (χ2v) is 5.06. The molecule has 0 saturated heterocycles. The molecule has 7 heteroatoms. The summed E-state index contributed by atoms with van der Waals surface area (Å²) >= 11 is 0. The number of amides is 1. The van der Waals surface area contributed by atoms with Gasteiger partial charge in [0.25, 0.3) is 5.91 Å². The van der Waals surface area contributed by atoms with Crippen molar-refractivity contribution in [3.8, 4) is 0 Å². The molecule has 1 aliphatic rings. The first kappa shape index (κ1) is 15.3. The van der Waals surface area contributed by atoms with E-state index in [1.54, 1.807) is 0 Å². The predicted octanol–water partition coefficient (Wildman–Crippen LogP) is 2.48. The smallest absolute Gasteiger partial charge is 0.308 e. The molecule has 0 bridgehead atoms. The third kappa shape index (κ3) is 3.34. The zero-order valence-corrected chi connectivity index (χ0v) is 11.0. The molecule has 0 spiro atoms. The van der Waals surface area contributed by atoms with E-state index in [1.165, 1.54) is 0 Å². The molecule has 2 rings (SSSR count). The van der Waals surface area contributed by atoms with Crippen molar-refractivity contribution in [3.63, 3.8) is 0 Å². The number of halogens is 3. The van der Waals surface area contributed by atoms with Crippen molar-refractivity contribution in [1.82, 2.24) is 5.32 Å². The number of hydrogen-bond acceptors (Lipinski definition) is 2. The number of rotatable bonds is 3. The van der Waals surface area contributed by atoms with Gasteiger partial charge in [0.1, 0.15) is 0 Å². The number of carboxylic acids is 1. The van der Waals surface area contributed by atoms with Gasteiger partial charge in [-0.05, 0) is 25.0 Å². The Morgan fingerprint density at radius 2 is 1.67 bits per heavy atom. The zero-order valence-electron chi connectivity index (χ0n) is 11.0. The molecule has 1 aromatic rings. The van der Waals surface area contributed by atoms with Crippen molar-refractivity contribution < 1.29 is 27.9 Å². The molecule has 1 aromatic carbocycles. The number of carbonyl (C=O) groups excluding carboxylic acids is 1. The Labute approximate surface area is 119 Å². The Bertz CT molecular complexity index is 554. The van der Waals surface area contributed by atoms with Gasteiger partial charge in [-0.1, -0.05) is 12.8 Å². The van der Waals surface area contributed by atoms with Crippen LogP contribution in [0.2, 0.25) is 0 Å². The number of carbonyl (C=O) groups is 2. The maximum atomic E-state index is 13.1. The number of carboxylic acid groups (broad SMARTS) is 1. The number of hydrogen-bond donors (Lipinski definition) is 2. The van der Waals surface area contributed by atoms with Crippen LogP contribution in [-0.4, -0.2) is 23.0 Å². The molecule has 0 heterocycles. The molecule has 0 radical (unpaired) electrons. The molecule has 1 fully saturated rings. The molecule has 2 unspecified atom stereocenters. The first-order chi connectivity index (χ1) is 9.90. The number of aliphatic carboxylic acids is 1. The molecular weight excluding hydrogens is 287 g/mol. The van der Waals surface area contributed by atoms with Crippen molar-refractivity contribution in [2.24, 2.45) is 5.92 Å². The van der Waals surface area contributed by atoms with Gasteiger partial charge in [-0.2, -0.15) is 0 Å². The lowest BCUT2D eigenvalue weighted by atomic mass is 9.84. The number of nitrogens with one attached hydrogen (secondary N) is 1. The average molecular weight is 301 g/mol. The Kier molecular flexibility index (Phi) is 4.50. The lowest BCUT2D eigenvalue weighted by Gasteiger charge is -2.29. The van der Waals surface area contributed by atoms with Crippen LogP contribution < -0.4 is 5.32 Å². The van der Waals surface area contributed by atoms with E-state index < -0.39 is 41.3 Å². The summed E-state index contributed by atoms with van der Waals surface area (Å²) in [4.78, 5) is 23.1. The van der Waals surface area contributed by atoms with Gasteiger partial charge in [0.15, 0.2) is 17.5 Å². The topological polar surface area (TPSA) is 66.4 Å². The molecule has 0 aromatic heterocycles. The molecule has 0 aliphatic heterocycles. The standard InChI is InChI=1S/C14H14F3NO3/c15-9-5-7(6-10(16)12(9)17)13(19)18-11-4-2-1-3-8(11)14(20)21/h5-6,8,11H,1-4H2,(H,18,19)(H,20,21). The first-order valence-corrected chi connectivity index (χ1v) is 6.58. The van der Waals surface area contributed by atoms with E-state index in [1.807, 2.05) is 0 Å². The summed E-state index contributed by atoms with van der Waals surface area (Å²) in [6.07, 6.45) is 2.44. The molecule has 2 N–H and O–H groups in total. The van der Waals surface area contributed by atoms with Gasteiger partial charge in [0.05, 0.1) is 5.92 Å². The quantitative estimate of drug-likeness (QED) is 0.843. The highest BCUT2D eigenvalue weighted by molar-refractivity contribution is 5.94. The minimum absolute atomic E-state index is 0.374. The van der Waals surface area contributed by atoms with Crippen molar-refractivity contribution in [2.75, 3.05) is 0 Å². The van der Waals surface area contributed by atoms with Gasteiger partial charge >= 0.3 is 5.97 Å². The summed E-state index contributed by atoms with van der Waals surface area (Å²) in [5.74, 6) is -7.12. The first-order valence-electron chi connectivity index (χ1n) is 6.58. The fraction of sp³-hybridized carbons (Fsp3) is 0.429. The fourth-order valence-electron chi connectivity index (χ4n) is 2.54. The Balaban J connectivity index is 2.15. The second-order valence-electron chi connectivity index (χ2n) is 5.06. The highest BCUT2D eigenvalue weighted by atomic mass is 19.2. The third-order valence-corrected chi connectivity index (χ3v) is 3.65. The maximum absolute atomic E-state index is 13.1. The monoisotopic (exact) mass is 301 g/mol. The summed E-state index contributed by atoms with van der Waals surface area (Å²) in [5.41, 5.74) is -0.374. The number of benzene rings is 1. The van der Waals surface area contributed by atoms with E-state index in [0.29, 0.717) is 25.0 Å². The van der Waals surface area contributed by atoms with Gasteiger partial charge in [0.2, 0.25) is 0 Å². The molecule has 114 valence electrons. The Hall–Kier alpha value is -2.05. The summed E-state index contributed by atoms with van der Waals surface area (Å²) in [7, 11) is 0. The minimum atomic E-state index is -1.65. The Morgan fingerprint density at radius 1 is 1.10 bits per heavy atom. The van der Waals surface area contributed by atoms with Gasteiger partial charge < -0.3 is 10.4 Å².